The molecule has 2 nitrogen and oxygen atoms in total. The Morgan fingerprint density at radius 3 is 2.35 bits per heavy atom. The van der Waals surface area contributed by atoms with Crippen LogP contribution in [-0.4, -0.2) is 24.1 Å². The van der Waals surface area contributed by atoms with Crippen LogP contribution >= 0.6 is 0 Å². The number of phenols is 1. The third-order valence-electron chi connectivity index (χ3n) is 4.21. The van der Waals surface area contributed by atoms with Gasteiger partial charge in [0.25, 0.3) is 0 Å². The maximum absolute atomic E-state index is 10.6. The van der Waals surface area contributed by atoms with Crippen molar-refractivity contribution in [1.82, 2.24) is 4.90 Å². The lowest BCUT2D eigenvalue weighted by Crippen LogP contribution is -2.11. The molecule has 0 atom stereocenters. The molecule has 0 unspecified atom stereocenters. The fourth-order valence-corrected chi connectivity index (χ4v) is 3.35. The van der Waals surface area contributed by atoms with Gasteiger partial charge in [-0.3, -0.25) is 0 Å². The van der Waals surface area contributed by atoms with Crippen molar-refractivity contribution in [3.63, 3.8) is 0 Å². The summed E-state index contributed by atoms with van der Waals surface area (Å²) < 4.78 is 0. The van der Waals surface area contributed by atoms with Gasteiger partial charge in [0.15, 0.2) is 0 Å². The molecule has 23 heavy (non-hydrogen) atoms. The Kier molecular flexibility index (Phi) is 4.10. The molecule has 1 N–H and O–H groups in total. The van der Waals surface area contributed by atoms with Crippen molar-refractivity contribution in [3.8, 4) is 16.9 Å². The molecule has 0 saturated carbocycles. The number of aromatic hydroxyl groups is 1. The summed E-state index contributed by atoms with van der Waals surface area (Å²) in [6, 6.07) is 16.7. The van der Waals surface area contributed by atoms with Crippen LogP contribution in [0.25, 0.3) is 21.9 Å². The second kappa shape index (κ2) is 6.05. The van der Waals surface area contributed by atoms with E-state index >= 15 is 0 Å². The standard InChI is InChI=1S/C21H23NO/c1-14-11-15(2)20(19(23)12-14)21-17(13-22(3)4)10-9-16-7-5-6-8-18(16)21/h5-12,23H,13H2,1-4H3. The predicted molar refractivity (Wildman–Crippen MR) is 97.9 cm³/mol. The van der Waals surface area contributed by atoms with E-state index in [1.165, 1.54) is 16.3 Å². The second-order valence-corrected chi connectivity index (χ2v) is 6.53. The number of benzene rings is 3. The first-order valence-electron chi connectivity index (χ1n) is 7.93. The Morgan fingerprint density at radius 2 is 1.65 bits per heavy atom. The van der Waals surface area contributed by atoms with Crippen molar-refractivity contribution in [3.05, 3.63) is 65.2 Å². The minimum atomic E-state index is 0.360. The molecular formula is C21H23NO. The van der Waals surface area contributed by atoms with Gasteiger partial charge in [-0.1, -0.05) is 42.5 Å². The van der Waals surface area contributed by atoms with E-state index in [9.17, 15) is 5.11 Å². The molecule has 118 valence electrons. The average Bonchev–Trinajstić information content (AvgIpc) is 2.47. The summed E-state index contributed by atoms with van der Waals surface area (Å²) in [7, 11) is 4.14. The molecule has 0 heterocycles. The third kappa shape index (κ3) is 2.95. The van der Waals surface area contributed by atoms with Crippen LogP contribution in [0.4, 0.5) is 0 Å². The molecule has 0 bridgehead atoms. The van der Waals surface area contributed by atoms with E-state index in [1.807, 2.05) is 13.0 Å². The molecule has 0 aliphatic rings. The van der Waals surface area contributed by atoms with E-state index in [1.54, 1.807) is 0 Å². The van der Waals surface area contributed by atoms with Crippen molar-refractivity contribution in [2.75, 3.05) is 14.1 Å². The van der Waals surface area contributed by atoms with E-state index in [0.717, 1.165) is 28.8 Å². The highest BCUT2D eigenvalue weighted by Crippen LogP contribution is 2.40. The number of hydrogen-bond acceptors (Lipinski definition) is 2. The van der Waals surface area contributed by atoms with E-state index < -0.39 is 0 Å². The van der Waals surface area contributed by atoms with Crippen LogP contribution in [0.5, 0.6) is 5.75 Å². The minimum Gasteiger partial charge on any atom is -0.507 e. The van der Waals surface area contributed by atoms with Crippen LogP contribution in [0.3, 0.4) is 0 Å². The molecule has 0 aromatic heterocycles. The van der Waals surface area contributed by atoms with Crippen molar-refractivity contribution in [2.24, 2.45) is 0 Å². The molecular weight excluding hydrogens is 282 g/mol. The molecule has 3 aromatic rings. The summed E-state index contributed by atoms with van der Waals surface area (Å²) in [5.74, 6) is 0.360. The molecule has 0 saturated heterocycles. The van der Waals surface area contributed by atoms with E-state index in [0.29, 0.717) is 5.75 Å². The fraction of sp³-hybridized carbons (Fsp3) is 0.238. The number of aryl methyl sites for hydroxylation is 2. The van der Waals surface area contributed by atoms with Crippen molar-refractivity contribution in [2.45, 2.75) is 20.4 Å². The molecule has 0 amide bonds. The molecule has 3 aromatic carbocycles. The van der Waals surface area contributed by atoms with Gasteiger partial charge in [-0.25, -0.2) is 0 Å². The van der Waals surface area contributed by atoms with E-state index in [4.69, 9.17) is 0 Å². The Balaban J connectivity index is 2.38. The molecule has 0 aliphatic carbocycles. The van der Waals surface area contributed by atoms with E-state index in [-0.39, 0.29) is 0 Å². The number of hydrogen-bond donors (Lipinski definition) is 1. The molecule has 0 aliphatic heterocycles. The molecule has 0 spiro atoms. The van der Waals surface area contributed by atoms with Gasteiger partial charge in [-0.05, 0) is 67.0 Å². The highest BCUT2D eigenvalue weighted by atomic mass is 16.3. The smallest absolute Gasteiger partial charge is 0.123 e. The van der Waals surface area contributed by atoms with Gasteiger partial charge in [0, 0.05) is 12.1 Å². The maximum atomic E-state index is 10.6. The van der Waals surface area contributed by atoms with Crippen LogP contribution in [-0.2, 0) is 6.54 Å². The van der Waals surface area contributed by atoms with Crippen molar-refractivity contribution >= 4 is 10.8 Å². The summed E-state index contributed by atoms with van der Waals surface area (Å²) in [5, 5.41) is 13.0. The lowest BCUT2D eigenvalue weighted by molar-refractivity contribution is 0.403. The quantitative estimate of drug-likeness (QED) is 0.744. The first-order chi connectivity index (χ1) is 11.0. The van der Waals surface area contributed by atoms with Gasteiger partial charge in [-0.15, -0.1) is 0 Å². The first kappa shape index (κ1) is 15.6. The number of nitrogens with zero attached hydrogens (tertiary/aromatic N) is 1. The summed E-state index contributed by atoms with van der Waals surface area (Å²) in [4.78, 5) is 2.16. The zero-order chi connectivity index (χ0) is 16.6. The molecule has 0 fully saturated rings. The van der Waals surface area contributed by atoms with Crippen molar-refractivity contribution < 1.29 is 5.11 Å². The number of phenolic OH excluding ortho intramolecular Hbond substituents is 1. The minimum absolute atomic E-state index is 0.360. The summed E-state index contributed by atoms with van der Waals surface area (Å²) in [6.45, 7) is 4.93. The van der Waals surface area contributed by atoms with Gasteiger partial charge in [-0.2, -0.15) is 0 Å². The van der Waals surface area contributed by atoms with Crippen LogP contribution < -0.4 is 0 Å². The first-order valence-corrected chi connectivity index (χ1v) is 7.93. The van der Waals surface area contributed by atoms with Crippen LogP contribution in [0.1, 0.15) is 16.7 Å². The SMILES string of the molecule is Cc1cc(C)c(-c2c(CN(C)C)ccc3ccccc23)c(O)c1. The summed E-state index contributed by atoms with van der Waals surface area (Å²) in [5.41, 5.74) is 5.52. The zero-order valence-electron chi connectivity index (χ0n) is 14.2. The Bertz CT molecular complexity index is 842. The largest absolute Gasteiger partial charge is 0.507 e. The summed E-state index contributed by atoms with van der Waals surface area (Å²) in [6.07, 6.45) is 0. The highest BCUT2D eigenvalue weighted by Gasteiger charge is 2.16. The fourth-order valence-electron chi connectivity index (χ4n) is 3.35. The third-order valence-corrected chi connectivity index (χ3v) is 4.21. The lowest BCUT2D eigenvalue weighted by atomic mass is 9.89. The molecule has 0 radical (unpaired) electrons. The van der Waals surface area contributed by atoms with Crippen molar-refractivity contribution in [1.29, 1.82) is 0 Å². The number of fused-ring (bicyclic) bond motifs is 1. The Hall–Kier alpha value is -2.32. The lowest BCUT2D eigenvalue weighted by Gasteiger charge is -2.19. The zero-order valence-corrected chi connectivity index (χ0v) is 14.2. The van der Waals surface area contributed by atoms with Gasteiger partial charge in [0.2, 0.25) is 0 Å². The average molecular weight is 305 g/mol. The van der Waals surface area contributed by atoms with Gasteiger partial charge in [0.05, 0.1) is 0 Å². The molecule has 3 rings (SSSR count). The van der Waals surface area contributed by atoms with Gasteiger partial charge >= 0.3 is 0 Å². The molecule has 2 heteroatoms. The predicted octanol–water partition coefficient (Wildman–Crippen LogP) is 4.89. The van der Waals surface area contributed by atoms with E-state index in [2.05, 4.69) is 68.4 Å². The normalized spacial score (nSPS) is 11.3. The Morgan fingerprint density at radius 1 is 0.913 bits per heavy atom. The van der Waals surface area contributed by atoms with Gasteiger partial charge < -0.3 is 10.0 Å². The monoisotopic (exact) mass is 305 g/mol. The van der Waals surface area contributed by atoms with Crippen LogP contribution in [0.2, 0.25) is 0 Å². The number of rotatable bonds is 3. The van der Waals surface area contributed by atoms with Gasteiger partial charge in [0.1, 0.15) is 5.75 Å². The second-order valence-electron chi connectivity index (χ2n) is 6.53. The van der Waals surface area contributed by atoms with Crippen LogP contribution in [0.15, 0.2) is 48.5 Å². The maximum Gasteiger partial charge on any atom is 0.123 e. The topological polar surface area (TPSA) is 23.5 Å². The van der Waals surface area contributed by atoms with Crippen LogP contribution in [0, 0.1) is 13.8 Å². The Labute approximate surface area is 138 Å². The summed E-state index contributed by atoms with van der Waals surface area (Å²) >= 11 is 0. The highest BCUT2D eigenvalue weighted by molar-refractivity contribution is 6.00.